The topological polar surface area (TPSA) is 55.8 Å². The highest BCUT2D eigenvalue weighted by atomic mass is 16.7. The number of rotatable bonds is 3. The summed E-state index contributed by atoms with van der Waals surface area (Å²) in [4.78, 5) is 11.2. The summed E-state index contributed by atoms with van der Waals surface area (Å²) in [7, 11) is 0. The maximum Gasteiger partial charge on any atom is 0.337 e. The van der Waals surface area contributed by atoms with Crippen LogP contribution in [0.15, 0.2) is 24.0 Å². The quantitative estimate of drug-likeness (QED) is 0.569. The number of carbonyl (C=O) groups is 1. The molecule has 0 amide bonds. The average molecular weight is 212 g/mol. The van der Waals surface area contributed by atoms with Crippen LogP contribution in [0.1, 0.15) is 27.2 Å². The van der Waals surface area contributed by atoms with Gasteiger partial charge in [0.05, 0.1) is 12.2 Å². The molecule has 0 fully saturated rings. The summed E-state index contributed by atoms with van der Waals surface area (Å²) in [6, 6.07) is 0. The van der Waals surface area contributed by atoms with E-state index in [9.17, 15) is 9.90 Å². The molecule has 0 saturated carbocycles. The first-order valence-corrected chi connectivity index (χ1v) is 4.86. The number of hydrogen-bond donors (Lipinski definition) is 1. The molecule has 1 atom stereocenters. The van der Waals surface area contributed by atoms with E-state index in [0.717, 1.165) is 0 Å². The summed E-state index contributed by atoms with van der Waals surface area (Å²) < 4.78 is 10.3. The van der Waals surface area contributed by atoms with Crippen LogP contribution in [0.3, 0.4) is 0 Å². The minimum Gasteiger partial charge on any atom is -0.457 e. The lowest BCUT2D eigenvalue weighted by atomic mass is 10.2. The second-order valence-electron chi connectivity index (χ2n) is 3.83. The second-order valence-corrected chi connectivity index (χ2v) is 3.83. The highest BCUT2D eigenvalue weighted by molar-refractivity contribution is 5.83. The summed E-state index contributed by atoms with van der Waals surface area (Å²) in [6.45, 7) is 5.12. The first-order chi connectivity index (χ1) is 6.93. The molecule has 0 aromatic rings. The number of aliphatic hydroxyl groups excluding tert-OH is 1. The summed E-state index contributed by atoms with van der Waals surface area (Å²) in [6.07, 6.45) is 4.29. The van der Waals surface area contributed by atoms with E-state index in [4.69, 9.17) is 9.47 Å². The maximum absolute atomic E-state index is 11.2. The third kappa shape index (κ3) is 3.75. The second kappa shape index (κ2) is 4.49. The van der Waals surface area contributed by atoms with E-state index in [1.54, 1.807) is 26.0 Å². The largest absolute Gasteiger partial charge is 0.457 e. The lowest BCUT2D eigenvalue weighted by Crippen LogP contribution is -2.34. The molecule has 0 spiro atoms. The van der Waals surface area contributed by atoms with Gasteiger partial charge in [0.15, 0.2) is 0 Å². The van der Waals surface area contributed by atoms with Crippen molar-refractivity contribution in [3.63, 3.8) is 0 Å². The molecule has 0 aliphatic carbocycles. The average Bonchev–Trinajstić information content (AvgIpc) is 1.99. The van der Waals surface area contributed by atoms with Gasteiger partial charge in [-0.1, -0.05) is 12.2 Å². The Morgan fingerprint density at radius 2 is 2.20 bits per heavy atom. The summed E-state index contributed by atoms with van der Waals surface area (Å²) in [5.41, 5.74) is 0. The zero-order chi connectivity index (χ0) is 11.5. The van der Waals surface area contributed by atoms with Gasteiger partial charge in [0.1, 0.15) is 5.76 Å². The molecule has 0 radical (unpaired) electrons. The molecule has 1 rings (SSSR count). The van der Waals surface area contributed by atoms with Crippen LogP contribution in [0.5, 0.6) is 0 Å². The third-order valence-electron chi connectivity index (χ3n) is 1.83. The number of cyclic esters (lactones) is 1. The van der Waals surface area contributed by atoms with Crippen LogP contribution in [0.25, 0.3) is 0 Å². The predicted molar refractivity (Wildman–Crippen MR) is 54.8 cm³/mol. The van der Waals surface area contributed by atoms with Gasteiger partial charge in [-0.2, -0.15) is 0 Å². The van der Waals surface area contributed by atoms with Crippen LogP contribution in [-0.4, -0.2) is 23.0 Å². The van der Waals surface area contributed by atoms with Gasteiger partial charge in [0.2, 0.25) is 5.79 Å². The van der Waals surface area contributed by atoms with Crippen LogP contribution < -0.4 is 0 Å². The number of aliphatic hydroxyl groups is 1. The highest BCUT2D eigenvalue weighted by Crippen LogP contribution is 2.24. The minimum absolute atomic E-state index is 0.281. The first-order valence-electron chi connectivity index (χ1n) is 4.86. The Kier molecular flexibility index (Phi) is 3.52. The molecule has 4 heteroatoms. The van der Waals surface area contributed by atoms with Crippen molar-refractivity contribution in [1.82, 2.24) is 0 Å². The minimum atomic E-state index is -0.948. The number of allylic oxidation sites excluding steroid dienone is 1. The Hall–Kier alpha value is -1.29. The van der Waals surface area contributed by atoms with Crippen molar-refractivity contribution in [3.05, 3.63) is 24.0 Å². The molecule has 0 unspecified atom stereocenters. The van der Waals surface area contributed by atoms with E-state index in [2.05, 4.69) is 0 Å². The van der Waals surface area contributed by atoms with Crippen molar-refractivity contribution in [3.8, 4) is 0 Å². The molecular weight excluding hydrogens is 196 g/mol. The van der Waals surface area contributed by atoms with Crippen LogP contribution in [-0.2, 0) is 14.3 Å². The zero-order valence-electron chi connectivity index (χ0n) is 9.19. The van der Waals surface area contributed by atoms with Crippen molar-refractivity contribution in [2.24, 2.45) is 0 Å². The molecule has 0 aromatic carbocycles. The molecule has 1 N–H and O–H groups in total. The molecule has 0 aromatic heterocycles. The fourth-order valence-electron chi connectivity index (χ4n) is 1.37. The molecule has 0 saturated heterocycles. The fourth-order valence-corrected chi connectivity index (χ4v) is 1.37. The Bertz CT molecular complexity index is 302. The van der Waals surface area contributed by atoms with Crippen LogP contribution in [0.2, 0.25) is 0 Å². The smallest absolute Gasteiger partial charge is 0.337 e. The summed E-state index contributed by atoms with van der Waals surface area (Å²) in [5, 5.41) is 9.50. The van der Waals surface area contributed by atoms with Crippen LogP contribution >= 0.6 is 0 Å². The maximum atomic E-state index is 11.2. The first kappa shape index (κ1) is 11.8. The van der Waals surface area contributed by atoms with E-state index < -0.39 is 17.9 Å². The molecule has 84 valence electrons. The van der Waals surface area contributed by atoms with Gasteiger partial charge < -0.3 is 14.6 Å². The molecule has 15 heavy (non-hydrogen) atoms. The lowest BCUT2D eigenvalue weighted by Gasteiger charge is -2.31. The molecule has 1 aliphatic rings. The Balaban J connectivity index is 2.66. The standard InChI is InChI=1S/C11H16O4/c1-4-5-8(12)6-9-7-10(13)15-11(2,3)14-9/h4-5,7-8,12H,6H2,1-3H3/b5-4+/t8-/m1/s1. The predicted octanol–water partition coefficient (Wildman–Crippen LogP) is 1.51. The number of esters is 1. The van der Waals surface area contributed by atoms with E-state index in [1.807, 2.05) is 6.92 Å². The van der Waals surface area contributed by atoms with Gasteiger partial charge in [0, 0.05) is 20.3 Å². The van der Waals surface area contributed by atoms with Crippen LogP contribution in [0, 0.1) is 0 Å². The van der Waals surface area contributed by atoms with Gasteiger partial charge in [-0.25, -0.2) is 4.79 Å². The van der Waals surface area contributed by atoms with Crippen molar-refractivity contribution >= 4 is 5.97 Å². The Labute approximate surface area is 89.2 Å². The lowest BCUT2D eigenvalue weighted by molar-refractivity contribution is -0.206. The SMILES string of the molecule is C/C=C/[C@@H](O)CC1=CC(=O)OC(C)(C)O1. The van der Waals surface area contributed by atoms with E-state index in [-0.39, 0.29) is 6.42 Å². The van der Waals surface area contributed by atoms with Crippen molar-refractivity contribution < 1.29 is 19.4 Å². The highest BCUT2D eigenvalue weighted by Gasteiger charge is 2.30. The van der Waals surface area contributed by atoms with Crippen molar-refractivity contribution in [2.45, 2.75) is 39.1 Å². The molecule has 0 bridgehead atoms. The molecule has 1 heterocycles. The zero-order valence-corrected chi connectivity index (χ0v) is 9.19. The molecule has 4 nitrogen and oxygen atoms in total. The fraction of sp³-hybridized carbons (Fsp3) is 0.545. The molecule has 1 aliphatic heterocycles. The van der Waals surface area contributed by atoms with Gasteiger partial charge >= 0.3 is 5.97 Å². The third-order valence-corrected chi connectivity index (χ3v) is 1.83. The number of ether oxygens (including phenoxy) is 2. The Morgan fingerprint density at radius 3 is 2.73 bits per heavy atom. The van der Waals surface area contributed by atoms with Gasteiger partial charge in [-0.3, -0.25) is 0 Å². The number of hydrogen-bond acceptors (Lipinski definition) is 4. The van der Waals surface area contributed by atoms with Crippen molar-refractivity contribution in [2.75, 3.05) is 0 Å². The molecular formula is C11H16O4. The Morgan fingerprint density at radius 1 is 1.53 bits per heavy atom. The van der Waals surface area contributed by atoms with Crippen LogP contribution in [0.4, 0.5) is 0 Å². The van der Waals surface area contributed by atoms with Gasteiger partial charge in [0.25, 0.3) is 0 Å². The van der Waals surface area contributed by atoms with Gasteiger partial charge in [-0.15, -0.1) is 0 Å². The normalized spacial score (nSPS) is 21.9. The van der Waals surface area contributed by atoms with Gasteiger partial charge in [-0.05, 0) is 6.92 Å². The van der Waals surface area contributed by atoms with Crippen molar-refractivity contribution in [1.29, 1.82) is 0 Å². The summed E-state index contributed by atoms with van der Waals surface area (Å²) in [5.74, 6) is -0.938. The summed E-state index contributed by atoms with van der Waals surface area (Å²) >= 11 is 0. The number of carbonyl (C=O) groups excluding carboxylic acids is 1. The van der Waals surface area contributed by atoms with E-state index in [1.165, 1.54) is 6.08 Å². The monoisotopic (exact) mass is 212 g/mol. The van der Waals surface area contributed by atoms with E-state index >= 15 is 0 Å². The van der Waals surface area contributed by atoms with E-state index in [0.29, 0.717) is 5.76 Å².